The lowest BCUT2D eigenvalue weighted by atomic mass is 10.2. The van der Waals surface area contributed by atoms with Gasteiger partial charge in [0.25, 0.3) is 0 Å². The standard InChI is InChI=1S/C14H10N4O5/c15-5-1-7-11(22-13(19)17-7)3-9(5)21-10-4-12-8(2-6(10)16)18-14(20)23-12/h1-4H,15-16H2,(H,17,19)(H,18,20). The number of nitrogens with two attached hydrogens (primary N) is 2. The van der Waals surface area contributed by atoms with Crippen LogP contribution in [-0.4, -0.2) is 9.97 Å². The summed E-state index contributed by atoms with van der Waals surface area (Å²) in [4.78, 5) is 27.4. The first-order chi connectivity index (χ1) is 11.0. The average molecular weight is 314 g/mol. The monoisotopic (exact) mass is 314 g/mol. The molecule has 2 aromatic heterocycles. The van der Waals surface area contributed by atoms with Crippen LogP contribution in [0.25, 0.3) is 22.2 Å². The molecule has 0 amide bonds. The van der Waals surface area contributed by atoms with Crippen molar-refractivity contribution < 1.29 is 13.6 Å². The first-order valence-corrected chi connectivity index (χ1v) is 6.52. The number of fused-ring (bicyclic) bond motifs is 2. The van der Waals surface area contributed by atoms with E-state index in [2.05, 4.69) is 9.97 Å². The van der Waals surface area contributed by atoms with E-state index in [1.54, 1.807) is 0 Å². The lowest BCUT2D eigenvalue weighted by Crippen LogP contribution is -1.96. The van der Waals surface area contributed by atoms with Crippen molar-refractivity contribution in [2.75, 3.05) is 11.5 Å². The number of hydrogen-bond donors (Lipinski definition) is 4. The molecule has 9 heteroatoms. The first kappa shape index (κ1) is 13.1. The molecule has 116 valence electrons. The summed E-state index contributed by atoms with van der Waals surface area (Å²) in [6.07, 6.45) is 0. The van der Waals surface area contributed by atoms with E-state index in [9.17, 15) is 9.59 Å². The largest absolute Gasteiger partial charge is 0.453 e. The number of benzene rings is 2. The highest BCUT2D eigenvalue weighted by atomic mass is 16.5. The Kier molecular flexibility index (Phi) is 2.52. The molecule has 2 aromatic carbocycles. The topological polar surface area (TPSA) is 153 Å². The van der Waals surface area contributed by atoms with Gasteiger partial charge in [-0.25, -0.2) is 9.59 Å². The molecule has 0 saturated carbocycles. The molecule has 0 atom stereocenters. The van der Waals surface area contributed by atoms with Gasteiger partial charge in [0, 0.05) is 12.1 Å². The van der Waals surface area contributed by atoms with E-state index >= 15 is 0 Å². The molecule has 0 unspecified atom stereocenters. The smallest absolute Gasteiger partial charge is 0.417 e. The Hall–Kier alpha value is -3.62. The summed E-state index contributed by atoms with van der Waals surface area (Å²) in [5.41, 5.74) is 13.9. The minimum absolute atomic E-state index is 0.254. The number of anilines is 2. The summed E-state index contributed by atoms with van der Waals surface area (Å²) >= 11 is 0. The van der Waals surface area contributed by atoms with Crippen molar-refractivity contribution in [1.29, 1.82) is 0 Å². The van der Waals surface area contributed by atoms with Crippen molar-refractivity contribution in [2.45, 2.75) is 0 Å². The predicted octanol–water partition coefficient (Wildman–Crippen LogP) is 1.51. The molecular formula is C14H10N4O5. The van der Waals surface area contributed by atoms with Crippen LogP contribution in [0.15, 0.2) is 42.7 Å². The molecule has 6 N–H and O–H groups in total. The number of aromatic amines is 2. The third kappa shape index (κ3) is 2.11. The quantitative estimate of drug-likeness (QED) is 0.409. The fourth-order valence-corrected chi connectivity index (χ4v) is 2.29. The van der Waals surface area contributed by atoms with Gasteiger partial charge >= 0.3 is 11.5 Å². The van der Waals surface area contributed by atoms with E-state index in [4.69, 9.17) is 25.0 Å². The zero-order valence-corrected chi connectivity index (χ0v) is 11.5. The average Bonchev–Trinajstić information content (AvgIpc) is 3.00. The third-order valence-corrected chi connectivity index (χ3v) is 3.32. The summed E-state index contributed by atoms with van der Waals surface area (Å²) < 4.78 is 15.6. The molecule has 0 aliphatic heterocycles. The molecule has 4 rings (SSSR count). The molecule has 0 fully saturated rings. The second-order valence-corrected chi connectivity index (χ2v) is 4.90. The molecule has 0 spiro atoms. The van der Waals surface area contributed by atoms with Crippen LogP contribution in [0.2, 0.25) is 0 Å². The van der Waals surface area contributed by atoms with E-state index in [0.29, 0.717) is 22.2 Å². The second-order valence-electron chi connectivity index (χ2n) is 4.90. The van der Waals surface area contributed by atoms with Crippen LogP contribution < -0.4 is 27.7 Å². The van der Waals surface area contributed by atoms with Crippen LogP contribution in [-0.2, 0) is 0 Å². The van der Waals surface area contributed by atoms with Gasteiger partial charge < -0.3 is 25.0 Å². The Morgan fingerprint density at radius 3 is 1.65 bits per heavy atom. The van der Waals surface area contributed by atoms with Crippen molar-refractivity contribution in [3.05, 3.63) is 45.4 Å². The summed E-state index contributed by atoms with van der Waals surface area (Å²) in [7, 11) is 0. The normalized spacial score (nSPS) is 11.3. The maximum atomic E-state index is 11.2. The summed E-state index contributed by atoms with van der Waals surface area (Å²) in [6.45, 7) is 0. The highest BCUT2D eigenvalue weighted by Crippen LogP contribution is 2.35. The fourth-order valence-electron chi connectivity index (χ4n) is 2.29. The zero-order chi connectivity index (χ0) is 16.1. The Morgan fingerprint density at radius 2 is 1.22 bits per heavy atom. The second kappa shape index (κ2) is 4.44. The minimum atomic E-state index is -0.591. The van der Waals surface area contributed by atoms with Gasteiger partial charge in [0.15, 0.2) is 22.7 Å². The van der Waals surface area contributed by atoms with Crippen molar-refractivity contribution >= 4 is 33.6 Å². The zero-order valence-electron chi connectivity index (χ0n) is 11.5. The Labute approximate surface area is 126 Å². The molecule has 2 heterocycles. The molecule has 0 bridgehead atoms. The van der Waals surface area contributed by atoms with E-state index in [1.807, 2.05) is 0 Å². The van der Waals surface area contributed by atoms with Gasteiger partial charge in [-0.3, -0.25) is 9.97 Å². The van der Waals surface area contributed by atoms with E-state index in [0.717, 1.165) is 0 Å². The minimum Gasteiger partial charge on any atom is -0.453 e. The number of hydrogen-bond acceptors (Lipinski definition) is 7. The van der Waals surface area contributed by atoms with E-state index < -0.39 is 11.5 Å². The van der Waals surface area contributed by atoms with Crippen molar-refractivity contribution in [2.24, 2.45) is 0 Å². The number of ether oxygens (including phenoxy) is 1. The van der Waals surface area contributed by atoms with Crippen LogP contribution in [0.4, 0.5) is 11.4 Å². The molecular weight excluding hydrogens is 304 g/mol. The summed E-state index contributed by atoms with van der Waals surface area (Å²) in [5.74, 6) is -0.675. The van der Waals surface area contributed by atoms with Crippen LogP contribution >= 0.6 is 0 Å². The fraction of sp³-hybridized carbons (Fsp3) is 0. The van der Waals surface area contributed by atoms with Crippen LogP contribution in [0, 0.1) is 0 Å². The van der Waals surface area contributed by atoms with Crippen molar-refractivity contribution in [3.8, 4) is 11.5 Å². The van der Waals surface area contributed by atoms with Crippen LogP contribution in [0.3, 0.4) is 0 Å². The van der Waals surface area contributed by atoms with E-state index in [-0.39, 0.29) is 22.9 Å². The Morgan fingerprint density at radius 1 is 0.783 bits per heavy atom. The molecule has 4 aromatic rings. The van der Waals surface area contributed by atoms with Gasteiger partial charge in [-0.1, -0.05) is 0 Å². The Bertz CT molecular complexity index is 1070. The Balaban J connectivity index is 1.83. The van der Waals surface area contributed by atoms with Gasteiger partial charge in [0.05, 0.1) is 22.4 Å². The number of nitrogens with one attached hydrogen (secondary N) is 2. The molecule has 9 nitrogen and oxygen atoms in total. The molecule has 0 aliphatic rings. The molecule has 0 aliphatic carbocycles. The highest BCUT2D eigenvalue weighted by Gasteiger charge is 2.13. The molecule has 0 radical (unpaired) electrons. The van der Waals surface area contributed by atoms with Gasteiger partial charge in [0.1, 0.15) is 0 Å². The van der Waals surface area contributed by atoms with Crippen LogP contribution in [0.1, 0.15) is 0 Å². The van der Waals surface area contributed by atoms with Crippen molar-refractivity contribution in [3.63, 3.8) is 0 Å². The molecule has 0 saturated heterocycles. The molecule has 23 heavy (non-hydrogen) atoms. The SMILES string of the molecule is Nc1cc2[nH]c(=O)oc2cc1Oc1cc2oc(=O)[nH]c2cc1N. The van der Waals surface area contributed by atoms with Gasteiger partial charge in [0.2, 0.25) is 0 Å². The summed E-state index contributed by atoms with van der Waals surface area (Å²) in [6, 6.07) is 5.97. The lowest BCUT2D eigenvalue weighted by molar-refractivity contribution is 0.483. The lowest BCUT2D eigenvalue weighted by Gasteiger charge is -2.10. The number of rotatable bonds is 2. The highest BCUT2D eigenvalue weighted by molar-refractivity contribution is 5.83. The maximum absolute atomic E-state index is 11.2. The van der Waals surface area contributed by atoms with Crippen molar-refractivity contribution in [1.82, 2.24) is 9.97 Å². The number of oxazole rings is 2. The van der Waals surface area contributed by atoms with Gasteiger partial charge in [-0.05, 0) is 12.1 Å². The van der Waals surface area contributed by atoms with Crippen LogP contribution in [0.5, 0.6) is 11.5 Å². The van der Waals surface area contributed by atoms with E-state index in [1.165, 1.54) is 24.3 Å². The number of nitrogen functional groups attached to an aromatic ring is 2. The number of aromatic nitrogens is 2. The maximum Gasteiger partial charge on any atom is 0.417 e. The number of H-pyrrole nitrogens is 2. The predicted molar refractivity (Wildman–Crippen MR) is 82.6 cm³/mol. The third-order valence-electron chi connectivity index (χ3n) is 3.32. The van der Waals surface area contributed by atoms with Gasteiger partial charge in [-0.15, -0.1) is 0 Å². The summed E-state index contributed by atoms with van der Waals surface area (Å²) in [5, 5.41) is 0. The first-order valence-electron chi connectivity index (χ1n) is 6.52. The van der Waals surface area contributed by atoms with Gasteiger partial charge in [-0.2, -0.15) is 0 Å².